The first-order chi connectivity index (χ1) is 18.4. The molecule has 0 radical (unpaired) electrons. The predicted octanol–water partition coefficient (Wildman–Crippen LogP) is 4.92. The van der Waals surface area contributed by atoms with Crippen LogP contribution in [0.1, 0.15) is 51.0 Å². The van der Waals surface area contributed by atoms with Gasteiger partial charge in [-0.05, 0) is 43.0 Å². The first-order valence-corrected chi connectivity index (χ1v) is 15.3. The van der Waals surface area contributed by atoms with Crippen LogP contribution in [0.2, 0.25) is 10.0 Å². The summed E-state index contributed by atoms with van der Waals surface area (Å²) in [6, 6.07) is 9.00. The number of carbonyl (C=O) groups excluding carboxylic acids is 2. The number of rotatable bonds is 11. The number of benzene rings is 2. The van der Waals surface area contributed by atoms with Crippen molar-refractivity contribution in [3.05, 3.63) is 68.2 Å². The Balaban J connectivity index is 1.96. The van der Waals surface area contributed by atoms with Crippen molar-refractivity contribution >= 4 is 56.4 Å². The standard InChI is InChI=1S/C26H32Cl2N4O6S/c1-3-24(26(34)29-19-8-5-4-6-9-19)30(16-18-12-13-22(27)23(28)14-18)25(33)17-31(39(2,37)38)20-10-7-11-21(15-20)32(35)36/h7,10-15,19,24H,3-6,8-9,16-17H2,1-2H3,(H,29,34)/t24-/m1/s1. The molecule has 0 heterocycles. The zero-order valence-electron chi connectivity index (χ0n) is 21.8. The number of sulfonamides is 1. The molecule has 0 spiro atoms. The van der Waals surface area contributed by atoms with Gasteiger partial charge in [0.1, 0.15) is 12.6 Å². The second-order valence-electron chi connectivity index (χ2n) is 9.58. The van der Waals surface area contributed by atoms with Gasteiger partial charge >= 0.3 is 0 Å². The Morgan fingerprint density at radius 1 is 1.10 bits per heavy atom. The van der Waals surface area contributed by atoms with Gasteiger partial charge in [0.05, 0.1) is 26.9 Å². The highest BCUT2D eigenvalue weighted by Crippen LogP contribution is 2.26. The summed E-state index contributed by atoms with van der Waals surface area (Å²) < 4.78 is 26.2. The van der Waals surface area contributed by atoms with Crippen molar-refractivity contribution in [1.29, 1.82) is 0 Å². The van der Waals surface area contributed by atoms with Gasteiger partial charge in [-0.1, -0.05) is 61.5 Å². The molecular formula is C26H32Cl2N4O6S. The maximum Gasteiger partial charge on any atom is 0.271 e. The van der Waals surface area contributed by atoms with Gasteiger partial charge in [0, 0.05) is 24.7 Å². The van der Waals surface area contributed by atoms with E-state index in [0.29, 0.717) is 10.6 Å². The Kier molecular flexibility index (Phi) is 10.6. The lowest BCUT2D eigenvalue weighted by Gasteiger charge is -2.34. The average Bonchev–Trinajstić information content (AvgIpc) is 2.89. The quantitative estimate of drug-likeness (QED) is 0.288. The molecule has 0 aliphatic heterocycles. The molecule has 212 valence electrons. The van der Waals surface area contributed by atoms with Crippen molar-refractivity contribution in [3.63, 3.8) is 0 Å². The molecule has 1 N–H and O–H groups in total. The zero-order valence-corrected chi connectivity index (χ0v) is 24.1. The number of nitrogens with one attached hydrogen (secondary N) is 1. The van der Waals surface area contributed by atoms with E-state index in [2.05, 4.69) is 5.32 Å². The van der Waals surface area contributed by atoms with Crippen LogP contribution in [0.3, 0.4) is 0 Å². The molecule has 0 aromatic heterocycles. The summed E-state index contributed by atoms with van der Waals surface area (Å²) in [4.78, 5) is 39.2. The summed E-state index contributed by atoms with van der Waals surface area (Å²) in [5, 5.41) is 14.9. The van der Waals surface area contributed by atoms with Crippen LogP contribution >= 0.6 is 23.2 Å². The number of nitro groups is 1. The summed E-state index contributed by atoms with van der Waals surface area (Å²) in [5.74, 6) is -0.970. The third-order valence-electron chi connectivity index (χ3n) is 6.68. The fraction of sp³-hybridized carbons (Fsp3) is 0.462. The van der Waals surface area contributed by atoms with Gasteiger partial charge in [-0.15, -0.1) is 0 Å². The predicted molar refractivity (Wildman–Crippen MR) is 151 cm³/mol. The number of hydrogen-bond donors (Lipinski definition) is 1. The molecule has 1 atom stereocenters. The number of halogens is 2. The second kappa shape index (κ2) is 13.5. The van der Waals surface area contributed by atoms with Crippen molar-refractivity contribution in [2.45, 2.75) is 64.1 Å². The number of hydrogen-bond acceptors (Lipinski definition) is 6. The molecule has 1 aliphatic rings. The molecular weight excluding hydrogens is 567 g/mol. The van der Waals surface area contributed by atoms with Gasteiger partial charge in [-0.3, -0.25) is 24.0 Å². The third-order valence-corrected chi connectivity index (χ3v) is 8.56. The van der Waals surface area contributed by atoms with Crippen LogP contribution in [0.25, 0.3) is 0 Å². The monoisotopic (exact) mass is 598 g/mol. The normalized spacial score (nSPS) is 14.9. The molecule has 0 unspecified atom stereocenters. The number of non-ortho nitro benzene ring substituents is 1. The minimum atomic E-state index is -4.03. The van der Waals surface area contributed by atoms with Gasteiger partial charge in [-0.25, -0.2) is 8.42 Å². The number of carbonyl (C=O) groups is 2. The SMILES string of the molecule is CC[C@H](C(=O)NC1CCCCC1)N(Cc1ccc(Cl)c(Cl)c1)C(=O)CN(c1cccc([N+](=O)[O-])c1)S(C)(=O)=O. The number of nitro benzene ring substituents is 1. The highest BCUT2D eigenvalue weighted by molar-refractivity contribution is 7.92. The number of nitrogens with zero attached hydrogens (tertiary/aromatic N) is 3. The highest BCUT2D eigenvalue weighted by atomic mass is 35.5. The lowest BCUT2D eigenvalue weighted by atomic mass is 9.95. The van der Waals surface area contributed by atoms with Crippen LogP contribution in [0.15, 0.2) is 42.5 Å². The van der Waals surface area contributed by atoms with Gasteiger partial charge in [0.25, 0.3) is 5.69 Å². The lowest BCUT2D eigenvalue weighted by Crippen LogP contribution is -2.53. The minimum absolute atomic E-state index is 0.0135. The largest absolute Gasteiger partial charge is 0.352 e. The maximum atomic E-state index is 13.8. The molecule has 1 fully saturated rings. The summed E-state index contributed by atoms with van der Waals surface area (Å²) in [6.07, 6.45) is 6.05. The third kappa shape index (κ3) is 8.30. The Labute approximate surface area is 238 Å². The van der Waals surface area contributed by atoms with Gasteiger partial charge in [-0.2, -0.15) is 0 Å². The van der Waals surface area contributed by atoms with E-state index in [4.69, 9.17) is 23.2 Å². The molecule has 1 saturated carbocycles. The topological polar surface area (TPSA) is 130 Å². The van der Waals surface area contributed by atoms with Crippen LogP contribution in [0.4, 0.5) is 11.4 Å². The van der Waals surface area contributed by atoms with Crippen molar-refractivity contribution in [3.8, 4) is 0 Å². The lowest BCUT2D eigenvalue weighted by molar-refractivity contribution is -0.384. The molecule has 1 aliphatic carbocycles. The van der Waals surface area contributed by atoms with Crippen LogP contribution in [0.5, 0.6) is 0 Å². The van der Waals surface area contributed by atoms with Gasteiger partial charge in [0.15, 0.2) is 0 Å². The Morgan fingerprint density at radius 2 is 1.79 bits per heavy atom. The molecule has 13 heteroatoms. The molecule has 0 bridgehead atoms. The van der Waals surface area contributed by atoms with E-state index in [9.17, 15) is 28.1 Å². The first kappa shape index (κ1) is 30.6. The van der Waals surface area contributed by atoms with Crippen LogP contribution in [-0.2, 0) is 26.2 Å². The summed E-state index contributed by atoms with van der Waals surface area (Å²) in [6.45, 7) is 1.09. The molecule has 39 heavy (non-hydrogen) atoms. The van der Waals surface area contributed by atoms with Gasteiger partial charge in [0.2, 0.25) is 21.8 Å². The summed E-state index contributed by atoms with van der Waals surface area (Å²) >= 11 is 12.2. The van der Waals surface area contributed by atoms with E-state index in [0.717, 1.165) is 48.7 Å². The van der Waals surface area contributed by atoms with Crippen LogP contribution in [0, 0.1) is 10.1 Å². The van der Waals surface area contributed by atoms with E-state index < -0.39 is 33.4 Å². The minimum Gasteiger partial charge on any atom is -0.352 e. The van der Waals surface area contributed by atoms with Crippen molar-refractivity contribution in [2.75, 3.05) is 17.1 Å². The smallest absolute Gasteiger partial charge is 0.271 e. The molecule has 10 nitrogen and oxygen atoms in total. The van der Waals surface area contributed by atoms with Crippen molar-refractivity contribution < 1.29 is 22.9 Å². The Morgan fingerprint density at radius 3 is 2.38 bits per heavy atom. The first-order valence-electron chi connectivity index (χ1n) is 12.7. The second-order valence-corrected chi connectivity index (χ2v) is 12.3. The summed E-state index contributed by atoms with van der Waals surface area (Å²) in [7, 11) is -4.03. The maximum absolute atomic E-state index is 13.8. The van der Waals surface area contributed by atoms with E-state index in [1.54, 1.807) is 25.1 Å². The molecule has 2 amide bonds. The zero-order chi connectivity index (χ0) is 28.7. The van der Waals surface area contributed by atoms with Crippen molar-refractivity contribution in [2.24, 2.45) is 0 Å². The van der Waals surface area contributed by atoms with Crippen LogP contribution < -0.4 is 9.62 Å². The average molecular weight is 600 g/mol. The van der Waals surface area contributed by atoms with E-state index in [1.807, 2.05) is 0 Å². The van der Waals surface area contributed by atoms with Crippen LogP contribution in [-0.4, -0.2) is 54.9 Å². The molecule has 2 aromatic rings. The fourth-order valence-electron chi connectivity index (χ4n) is 4.67. The molecule has 3 rings (SSSR count). The molecule has 0 saturated heterocycles. The van der Waals surface area contributed by atoms with E-state index >= 15 is 0 Å². The Hall–Kier alpha value is -2.89. The fourth-order valence-corrected chi connectivity index (χ4v) is 5.84. The highest BCUT2D eigenvalue weighted by Gasteiger charge is 2.33. The summed E-state index contributed by atoms with van der Waals surface area (Å²) in [5.41, 5.74) is 0.247. The van der Waals surface area contributed by atoms with Gasteiger partial charge < -0.3 is 10.2 Å². The molecule has 2 aromatic carbocycles. The Bertz CT molecular complexity index is 1320. The van der Waals surface area contributed by atoms with E-state index in [1.165, 1.54) is 23.1 Å². The number of amides is 2. The van der Waals surface area contributed by atoms with E-state index in [-0.39, 0.29) is 41.3 Å². The van der Waals surface area contributed by atoms with Crippen molar-refractivity contribution in [1.82, 2.24) is 10.2 Å². The number of anilines is 1.